The number of carboxylic acids is 1. The summed E-state index contributed by atoms with van der Waals surface area (Å²) in [4.78, 5) is 10.6. The molecule has 0 saturated carbocycles. The van der Waals surface area contributed by atoms with Crippen molar-refractivity contribution >= 4 is 16.9 Å². The van der Waals surface area contributed by atoms with Gasteiger partial charge in [0.1, 0.15) is 5.58 Å². The van der Waals surface area contributed by atoms with Crippen molar-refractivity contribution in [3.05, 3.63) is 24.0 Å². The maximum absolute atomic E-state index is 10.6. The van der Waals surface area contributed by atoms with E-state index in [1.54, 1.807) is 6.07 Å². The van der Waals surface area contributed by atoms with E-state index >= 15 is 0 Å². The molecule has 1 atom stereocenters. The van der Waals surface area contributed by atoms with Gasteiger partial charge in [-0.3, -0.25) is 4.79 Å². The van der Waals surface area contributed by atoms with Crippen LogP contribution >= 0.6 is 0 Å². The number of benzene rings is 1. The molecule has 0 aliphatic carbocycles. The van der Waals surface area contributed by atoms with Gasteiger partial charge in [0.25, 0.3) is 0 Å². The zero-order chi connectivity index (χ0) is 13.3. The molecule has 18 heavy (non-hydrogen) atoms. The van der Waals surface area contributed by atoms with Crippen molar-refractivity contribution in [2.24, 2.45) is 5.73 Å². The molecular weight excluding hydrogens is 238 g/mol. The van der Waals surface area contributed by atoms with Gasteiger partial charge in [-0.25, -0.2) is 0 Å². The standard InChI is InChI=1S/C12H13NO5/c1-17-12-6-2-3-18-9(6)4-7(11(12)16)8(13)5-10(14)15/h2-4,8,16H,5,13H2,1H3,(H,14,15). The Hall–Kier alpha value is -2.21. The van der Waals surface area contributed by atoms with E-state index < -0.39 is 12.0 Å². The molecule has 0 saturated heterocycles. The van der Waals surface area contributed by atoms with Gasteiger partial charge in [0.05, 0.1) is 25.2 Å². The van der Waals surface area contributed by atoms with Gasteiger partial charge in [-0.05, 0) is 12.1 Å². The van der Waals surface area contributed by atoms with Gasteiger partial charge in [0.2, 0.25) is 0 Å². The third-order valence-electron chi connectivity index (χ3n) is 2.71. The first-order valence-corrected chi connectivity index (χ1v) is 5.29. The van der Waals surface area contributed by atoms with Gasteiger partial charge in [-0.15, -0.1) is 0 Å². The quantitative estimate of drug-likeness (QED) is 0.762. The molecule has 1 aromatic carbocycles. The minimum atomic E-state index is -1.04. The number of carboxylic acid groups (broad SMARTS) is 1. The fourth-order valence-corrected chi connectivity index (χ4v) is 1.88. The average molecular weight is 251 g/mol. The fraction of sp³-hybridized carbons (Fsp3) is 0.250. The Balaban J connectivity index is 2.56. The second-order valence-corrected chi connectivity index (χ2v) is 3.88. The second kappa shape index (κ2) is 4.58. The van der Waals surface area contributed by atoms with E-state index in [4.69, 9.17) is 20.0 Å². The number of aromatic hydroxyl groups is 1. The van der Waals surface area contributed by atoms with Gasteiger partial charge in [-0.1, -0.05) is 0 Å². The molecule has 0 amide bonds. The number of methoxy groups -OCH3 is 1. The summed E-state index contributed by atoms with van der Waals surface area (Å²) in [6.45, 7) is 0. The highest BCUT2D eigenvalue weighted by atomic mass is 16.5. The molecule has 0 aliphatic rings. The number of ether oxygens (including phenoxy) is 1. The third-order valence-corrected chi connectivity index (χ3v) is 2.71. The van der Waals surface area contributed by atoms with Crippen LogP contribution in [-0.4, -0.2) is 23.3 Å². The predicted octanol–water partition coefficient (Wildman–Crippen LogP) is 1.62. The number of furan rings is 1. The SMILES string of the molecule is COc1c(O)c(C(N)CC(=O)O)cc2occc12. The van der Waals surface area contributed by atoms with Crippen LogP contribution in [-0.2, 0) is 4.79 Å². The first-order chi connectivity index (χ1) is 8.54. The van der Waals surface area contributed by atoms with Gasteiger partial charge in [0.15, 0.2) is 11.5 Å². The van der Waals surface area contributed by atoms with Crippen LogP contribution in [0.3, 0.4) is 0 Å². The van der Waals surface area contributed by atoms with Crippen LogP contribution in [0.25, 0.3) is 11.0 Å². The number of hydrogen-bond donors (Lipinski definition) is 3. The molecule has 2 aromatic rings. The maximum Gasteiger partial charge on any atom is 0.305 e. The highest BCUT2D eigenvalue weighted by molar-refractivity contribution is 5.88. The summed E-state index contributed by atoms with van der Waals surface area (Å²) < 4.78 is 10.3. The van der Waals surface area contributed by atoms with Gasteiger partial charge in [0, 0.05) is 11.6 Å². The normalized spacial score (nSPS) is 12.6. The monoisotopic (exact) mass is 251 g/mol. The molecule has 0 aliphatic heterocycles. The van der Waals surface area contributed by atoms with Crippen molar-refractivity contribution in [2.75, 3.05) is 7.11 Å². The zero-order valence-corrected chi connectivity index (χ0v) is 9.71. The van der Waals surface area contributed by atoms with Crippen LogP contribution in [0.1, 0.15) is 18.0 Å². The summed E-state index contributed by atoms with van der Waals surface area (Å²) in [5, 5.41) is 19.4. The van der Waals surface area contributed by atoms with Crippen LogP contribution in [0.5, 0.6) is 11.5 Å². The predicted molar refractivity (Wildman–Crippen MR) is 63.6 cm³/mol. The summed E-state index contributed by atoms with van der Waals surface area (Å²) in [5.41, 5.74) is 6.52. The molecule has 0 radical (unpaired) electrons. The first-order valence-electron chi connectivity index (χ1n) is 5.29. The van der Waals surface area contributed by atoms with E-state index in [1.165, 1.54) is 19.4 Å². The van der Waals surface area contributed by atoms with E-state index in [2.05, 4.69) is 0 Å². The second-order valence-electron chi connectivity index (χ2n) is 3.88. The summed E-state index contributed by atoms with van der Waals surface area (Å²) in [7, 11) is 1.41. The molecule has 1 unspecified atom stereocenters. The fourth-order valence-electron chi connectivity index (χ4n) is 1.88. The van der Waals surface area contributed by atoms with E-state index in [-0.39, 0.29) is 23.5 Å². The zero-order valence-electron chi connectivity index (χ0n) is 9.71. The van der Waals surface area contributed by atoms with Crippen molar-refractivity contribution < 1.29 is 24.2 Å². The van der Waals surface area contributed by atoms with Crippen molar-refractivity contribution in [1.29, 1.82) is 0 Å². The highest BCUT2D eigenvalue weighted by Crippen LogP contribution is 2.41. The van der Waals surface area contributed by atoms with Crippen LogP contribution in [0.4, 0.5) is 0 Å². The third kappa shape index (κ3) is 1.98. The van der Waals surface area contributed by atoms with Crippen LogP contribution in [0, 0.1) is 0 Å². The van der Waals surface area contributed by atoms with Crippen LogP contribution < -0.4 is 10.5 Å². The minimum absolute atomic E-state index is 0.153. The Labute approximate surface area is 103 Å². The Bertz CT molecular complexity index is 589. The van der Waals surface area contributed by atoms with E-state index in [1.807, 2.05) is 0 Å². The Morgan fingerprint density at radius 3 is 2.94 bits per heavy atom. The Morgan fingerprint density at radius 2 is 2.33 bits per heavy atom. The van der Waals surface area contributed by atoms with Crippen molar-refractivity contribution in [3.8, 4) is 11.5 Å². The number of carbonyl (C=O) groups is 1. The van der Waals surface area contributed by atoms with Crippen LogP contribution in [0.2, 0.25) is 0 Å². The molecule has 0 spiro atoms. The first kappa shape index (κ1) is 12.3. The van der Waals surface area contributed by atoms with Crippen LogP contribution in [0.15, 0.2) is 22.8 Å². The Kier molecular flexibility index (Phi) is 3.12. The lowest BCUT2D eigenvalue weighted by atomic mass is 10.0. The van der Waals surface area contributed by atoms with Crippen molar-refractivity contribution in [2.45, 2.75) is 12.5 Å². The number of rotatable bonds is 4. The summed E-state index contributed by atoms with van der Waals surface area (Å²) in [6.07, 6.45) is 1.17. The lowest BCUT2D eigenvalue weighted by Crippen LogP contribution is -2.15. The number of phenols is 1. The topological polar surface area (TPSA) is 106 Å². The summed E-state index contributed by atoms with van der Waals surface area (Å²) >= 11 is 0. The van der Waals surface area contributed by atoms with Gasteiger partial charge >= 0.3 is 5.97 Å². The van der Waals surface area contributed by atoms with Crippen molar-refractivity contribution in [3.63, 3.8) is 0 Å². The Morgan fingerprint density at radius 1 is 1.61 bits per heavy atom. The van der Waals surface area contributed by atoms with E-state index in [0.29, 0.717) is 11.0 Å². The summed E-state index contributed by atoms with van der Waals surface area (Å²) in [6, 6.07) is 2.35. The molecule has 6 nitrogen and oxygen atoms in total. The largest absolute Gasteiger partial charge is 0.504 e. The molecule has 1 heterocycles. The van der Waals surface area contributed by atoms with Crippen molar-refractivity contribution in [1.82, 2.24) is 0 Å². The minimum Gasteiger partial charge on any atom is -0.504 e. The molecule has 0 fully saturated rings. The average Bonchev–Trinajstić information content (AvgIpc) is 2.74. The molecule has 96 valence electrons. The number of aliphatic carboxylic acids is 1. The molecule has 2 rings (SSSR count). The lowest BCUT2D eigenvalue weighted by molar-refractivity contribution is -0.137. The lowest BCUT2D eigenvalue weighted by Gasteiger charge is -2.14. The van der Waals surface area contributed by atoms with E-state index in [0.717, 1.165) is 0 Å². The molecule has 4 N–H and O–H groups in total. The molecule has 1 aromatic heterocycles. The van der Waals surface area contributed by atoms with E-state index in [9.17, 15) is 9.90 Å². The smallest absolute Gasteiger partial charge is 0.305 e. The van der Waals surface area contributed by atoms with Gasteiger partial charge < -0.3 is 25.1 Å². The maximum atomic E-state index is 10.6. The molecule has 0 bridgehead atoms. The number of fused-ring (bicyclic) bond motifs is 1. The highest BCUT2D eigenvalue weighted by Gasteiger charge is 2.21. The van der Waals surface area contributed by atoms with Gasteiger partial charge in [-0.2, -0.15) is 0 Å². The number of nitrogens with two attached hydrogens (primary N) is 1. The molecule has 6 heteroatoms. The number of phenolic OH excluding ortho intramolecular Hbond substituents is 1. The summed E-state index contributed by atoms with van der Waals surface area (Å²) in [5.74, 6) is -0.961. The number of hydrogen-bond acceptors (Lipinski definition) is 5. The molecular formula is C12H13NO5.